The fraction of sp³-hybridized carbons (Fsp3) is 0.417. The number of morpholine rings is 1. The van der Waals surface area contributed by atoms with Gasteiger partial charge in [-0.25, -0.2) is 0 Å². The summed E-state index contributed by atoms with van der Waals surface area (Å²) in [7, 11) is 0. The number of carbonyl (C=O) groups is 2. The summed E-state index contributed by atoms with van der Waals surface area (Å²) in [6.45, 7) is 5.09. The Kier molecular flexibility index (Phi) is 7.68. The van der Waals surface area contributed by atoms with E-state index in [2.05, 4.69) is 10.2 Å². The van der Waals surface area contributed by atoms with E-state index in [0.717, 1.165) is 51.4 Å². The molecule has 0 bridgehead atoms. The quantitative estimate of drug-likeness (QED) is 0.682. The molecule has 2 aliphatic heterocycles. The van der Waals surface area contributed by atoms with E-state index < -0.39 is 6.04 Å². The third-order valence-electron chi connectivity index (χ3n) is 5.97. The van der Waals surface area contributed by atoms with E-state index in [1.54, 1.807) is 23.1 Å². The lowest BCUT2D eigenvalue weighted by Crippen LogP contribution is -2.43. The Morgan fingerprint density at radius 3 is 2.38 bits per heavy atom. The minimum Gasteiger partial charge on any atom is -0.379 e. The molecule has 0 aromatic heterocycles. The van der Waals surface area contributed by atoms with Crippen molar-refractivity contribution in [3.05, 3.63) is 63.6 Å². The zero-order valence-electron chi connectivity index (χ0n) is 17.9. The number of carbonyl (C=O) groups excluding carboxylic acids is 2. The monoisotopic (exact) mass is 475 g/mol. The van der Waals surface area contributed by atoms with Crippen molar-refractivity contribution in [3.8, 4) is 0 Å². The molecule has 0 saturated carbocycles. The number of nitrogens with one attached hydrogen (secondary N) is 1. The van der Waals surface area contributed by atoms with Crippen LogP contribution >= 0.6 is 23.2 Å². The largest absolute Gasteiger partial charge is 0.379 e. The Morgan fingerprint density at radius 2 is 1.69 bits per heavy atom. The van der Waals surface area contributed by atoms with Crippen molar-refractivity contribution >= 4 is 40.7 Å². The molecule has 2 heterocycles. The first-order valence-corrected chi connectivity index (χ1v) is 11.7. The van der Waals surface area contributed by atoms with E-state index in [4.69, 9.17) is 27.9 Å². The summed E-state index contributed by atoms with van der Waals surface area (Å²) < 4.78 is 5.39. The van der Waals surface area contributed by atoms with E-state index in [0.29, 0.717) is 28.6 Å². The maximum Gasteiger partial charge on any atom is 0.254 e. The van der Waals surface area contributed by atoms with Crippen molar-refractivity contribution < 1.29 is 14.3 Å². The highest BCUT2D eigenvalue weighted by Gasteiger charge is 2.34. The van der Waals surface area contributed by atoms with E-state index in [1.807, 2.05) is 24.3 Å². The number of anilines is 1. The summed E-state index contributed by atoms with van der Waals surface area (Å²) in [6, 6.07) is 12.2. The van der Waals surface area contributed by atoms with Crippen LogP contribution in [0, 0.1) is 0 Å². The topological polar surface area (TPSA) is 61.9 Å². The molecule has 0 spiro atoms. The maximum atomic E-state index is 13.0. The third-order valence-corrected chi connectivity index (χ3v) is 6.40. The second-order valence-electron chi connectivity index (χ2n) is 8.20. The number of nitrogens with zero attached hydrogens (tertiary/aromatic N) is 2. The van der Waals surface area contributed by atoms with Crippen LogP contribution in [0.5, 0.6) is 0 Å². The Bertz CT molecular complexity index is 941. The van der Waals surface area contributed by atoms with Crippen molar-refractivity contribution in [2.24, 2.45) is 0 Å². The van der Waals surface area contributed by atoms with Gasteiger partial charge in [0.2, 0.25) is 5.91 Å². The molecule has 2 aromatic carbocycles. The Hall–Kier alpha value is -2.12. The number of halogens is 2. The highest BCUT2D eigenvalue weighted by atomic mass is 35.5. The molecule has 8 heteroatoms. The minimum absolute atomic E-state index is 0.176. The van der Waals surface area contributed by atoms with Gasteiger partial charge in [0.25, 0.3) is 5.91 Å². The maximum absolute atomic E-state index is 13.0. The number of amides is 2. The Balaban J connectivity index is 1.34. The number of rotatable bonds is 6. The van der Waals surface area contributed by atoms with Crippen molar-refractivity contribution in [1.82, 2.24) is 9.80 Å². The second-order valence-corrected chi connectivity index (χ2v) is 9.08. The van der Waals surface area contributed by atoms with Crippen molar-refractivity contribution in [2.75, 3.05) is 44.7 Å². The van der Waals surface area contributed by atoms with Gasteiger partial charge in [-0.2, -0.15) is 0 Å². The molecule has 32 heavy (non-hydrogen) atoms. The molecule has 1 N–H and O–H groups in total. The summed E-state index contributed by atoms with van der Waals surface area (Å²) in [5.74, 6) is -0.407. The van der Waals surface area contributed by atoms with Gasteiger partial charge < -0.3 is 15.0 Å². The highest BCUT2D eigenvalue weighted by molar-refractivity contribution is 6.35. The smallest absolute Gasteiger partial charge is 0.254 e. The van der Waals surface area contributed by atoms with Crippen LogP contribution in [0.25, 0.3) is 0 Å². The van der Waals surface area contributed by atoms with Crippen molar-refractivity contribution in [2.45, 2.75) is 25.3 Å². The standard InChI is InChI=1S/C24H27Cl2N3O3/c25-19-14-18(15-20(26)16-19)24(31)29-8-1-2-22(29)23(30)27-21-5-3-17(4-6-21)7-9-28-10-12-32-13-11-28/h3-6,14-16,22H,1-2,7-13H2,(H,27,30). The van der Waals surface area contributed by atoms with Crippen LogP contribution in [0.3, 0.4) is 0 Å². The van der Waals surface area contributed by atoms with Gasteiger partial charge in [0.1, 0.15) is 6.04 Å². The summed E-state index contributed by atoms with van der Waals surface area (Å²) >= 11 is 12.1. The number of hydrogen-bond acceptors (Lipinski definition) is 4. The normalized spacial score (nSPS) is 19.2. The number of ether oxygens (including phenoxy) is 1. The first-order valence-electron chi connectivity index (χ1n) is 11.0. The van der Waals surface area contributed by atoms with Gasteiger partial charge in [0, 0.05) is 47.5 Å². The van der Waals surface area contributed by atoms with Crippen LogP contribution in [-0.2, 0) is 16.0 Å². The molecule has 2 fully saturated rings. The average Bonchev–Trinajstić information content (AvgIpc) is 3.28. The zero-order valence-corrected chi connectivity index (χ0v) is 19.4. The van der Waals surface area contributed by atoms with E-state index >= 15 is 0 Å². The van der Waals surface area contributed by atoms with E-state index in [1.165, 1.54) is 5.56 Å². The molecule has 0 aliphatic carbocycles. The average molecular weight is 476 g/mol. The van der Waals surface area contributed by atoms with Crippen LogP contribution in [-0.4, -0.2) is 67.0 Å². The molecular weight excluding hydrogens is 449 g/mol. The molecule has 2 aliphatic rings. The molecule has 2 saturated heterocycles. The van der Waals surface area contributed by atoms with Crippen LogP contribution in [0.2, 0.25) is 10.0 Å². The Labute approximate surface area is 198 Å². The van der Waals surface area contributed by atoms with Gasteiger partial charge in [0.05, 0.1) is 13.2 Å². The number of hydrogen-bond donors (Lipinski definition) is 1. The van der Waals surface area contributed by atoms with Gasteiger partial charge in [-0.05, 0) is 55.2 Å². The van der Waals surface area contributed by atoms with Crippen LogP contribution in [0.1, 0.15) is 28.8 Å². The summed E-state index contributed by atoms with van der Waals surface area (Å²) in [5, 5.41) is 3.76. The number of benzene rings is 2. The molecular formula is C24H27Cl2N3O3. The lowest BCUT2D eigenvalue weighted by molar-refractivity contribution is -0.119. The molecule has 4 rings (SSSR count). The molecule has 0 radical (unpaired) electrons. The summed E-state index contributed by atoms with van der Waals surface area (Å²) in [5.41, 5.74) is 2.35. The van der Waals surface area contributed by atoms with Crippen molar-refractivity contribution in [3.63, 3.8) is 0 Å². The van der Waals surface area contributed by atoms with E-state index in [9.17, 15) is 9.59 Å². The lowest BCUT2D eigenvalue weighted by atomic mass is 10.1. The molecule has 1 unspecified atom stereocenters. The van der Waals surface area contributed by atoms with Gasteiger partial charge >= 0.3 is 0 Å². The predicted octanol–water partition coefficient (Wildman–Crippen LogP) is 4.11. The van der Waals surface area contributed by atoms with Crippen LogP contribution in [0.15, 0.2) is 42.5 Å². The SMILES string of the molecule is O=C(Nc1ccc(CCN2CCOCC2)cc1)C1CCCN1C(=O)c1cc(Cl)cc(Cl)c1. The van der Waals surface area contributed by atoms with Gasteiger partial charge in [-0.1, -0.05) is 35.3 Å². The molecule has 170 valence electrons. The first-order chi connectivity index (χ1) is 15.5. The lowest BCUT2D eigenvalue weighted by Gasteiger charge is -2.26. The molecule has 6 nitrogen and oxygen atoms in total. The van der Waals surface area contributed by atoms with E-state index in [-0.39, 0.29) is 11.8 Å². The molecule has 1 atom stereocenters. The van der Waals surface area contributed by atoms with Crippen LogP contribution < -0.4 is 5.32 Å². The summed E-state index contributed by atoms with van der Waals surface area (Å²) in [6.07, 6.45) is 2.36. The predicted molar refractivity (Wildman–Crippen MR) is 127 cm³/mol. The van der Waals surface area contributed by atoms with Gasteiger partial charge in [-0.3, -0.25) is 14.5 Å². The van der Waals surface area contributed by atoms with Crippen molar-refractivity contribution in [1.29, 1.82) is 0 Å². The van der Waals surface area contributed by atoms with Gasteiger partial charge in [0.15, 0.2) is 0 Å². The van der Waals surface area contributed by atoms with Crippen LogP contribution in [0.4, 0.5) is 5.69 Å². The Morgan fingerprint density at radius 1 is 1.00 bits per heavy atom. The fourth-order valence-electron chi connectivity index (χ4n) is 4.22. The summed E-state index contributed by atoms with van der Waals surface area (Å²) in [4.78, 5) is 29.9. The molecule has 2 amide bonds. The minimum atomic E-state index is -0.513. The third kappa shape index (κ3) is 5.81. The highest BCUT2D eigenvalue weighted by Crippen LogP contribution is 2.25. The van der Waals surface area contributed by atoms with Gasteiger partial charge in [-0.15, -0.1) is 0 Å². The number of likely N-dealkylation sites (tertiary alicyclic amines) is 1. The zero-order chi connectivity index (χ0) is 22.5. The fourth-order valence-corrected chi connectivity index (χ4v) is 4.74. The second kappa shape index (κ2) is 10.7. The molecule has 2 aromatic rings. The first kappa shape index (κ1) is 23.1.